The van der Waals surface area contributed by atoms with Crippen LogP contribution in [0, 0.1) is 0 Å². The highest BCUT2D eigenvalue weighted by Crippen LogP contribution is 2.31. The normalized spacial score (nSPS) is 16.9. The fourth-order valence-electron chi connectivity index (χ4n) is 3.71. The van der Waals surface area contributed by atoms with Crippen LogP contribution in [-0.4, -0.2) is 35.4 Å². The van der Waals surface area contributed by atoms with Crippen LogP contribution in [0.4, 0.5) is 5.69 Å². The van der Waals surface area contributed by atoms with Crippen LogP contribution in [0.3, 0.4) is 0 Å². The molecule has 0 radical (unpaired) electrons. The first kappa shape index (κ1) is 20.1. The van der Waals surface area contributed by atoms with Crippen molar-refractivity contribution >= 4 is 51.1 Å². The van der Waals surface area contributed by atoms with E-state index in [9.17, 15) is 14.4 Å². The molecule has 8 heteroatoms. The van der Waals surface area contributed by atoms with Crippen molar-refractivity contribution < 1.29 is 18.8 Å². The van der Waals surface area contributed by atoms with Gasteiger partial charge in [0.05, 0.1) is 28.1 Å². The monoisotopic (exact) mass is 489 g/mol. The number of furan rings is 1. The lowest BCUT2D eigenvalue weighted by atomic mass is 10.0. The first-order valence-corrected chi connectivity index (χ1v) is 10.6. The standard InChI is InChI=1S/C24H16BrN3O4/c1-13-19(24(31)28(26-13)16-5-3-4-15(25)11-16)12-17-7-9-21(32-17)14-6-8-18-20(10-14)23(30)27(2)22(18)29/h3-12H,1-2H3. The quantitative estimate of drug-likeness (QED) is 0.392. The first-order valence-electron chi connectivity index (χ1n) is 9.77. The molecular formula is C24H16BrN3O4. The lowest BCUT2D eigenvalue weighted by Crippen LogP contribution is -2.24. The van der Waals surface area contributed by atoms with Crippen molar-refractivity contribution in [3.8, 4) is 11.3 Å². The average Bonchev–Trinajstić information content (AvgIpc) is 3.43. The van der Waals surface area contributed by atoms with Gasteiger partial charge in [0, 0.05) is 17.1 Å². The maximum Gasteiger partial charge on any atom is 0.280 e. The second-order valence-electron chi connectivity index (χ2n) is 7.47. The molecule has 0 N–H and O–H groups in total. The van der Waals surface area contributed by atoms with Crippen molar-refractivity contribution in [2.24, 2.45) is 5.10 Å². The van der Waals surface area contributed by atoms with Crippen LogP contribution in [0.25, 0.3) is 17.4 Å². The minimum Gasteiger partial charge on any atom is -0.457 e. The van der Waals surface area contributed by atoms with Crippen LogP contribution < -0.4 is 5.01 Å². The molecule has 3 aromatic rings. The van der Waals surface area contributed by atoms with Crippen LogP contribution >= 0.6 is 15.9 Å². The predicted octanol–water partition coefficient (Wildman–Crippen LogP) is 4.74. The molecule has 3 amide bonds. The molecule has 0 fully saturated rings. The fourth-order valence-corrected chi connectivity index (χ4v) is 4.10. The van der Waals surface area contributed by atoms with E-state index in [-0.39, 0.29) is 17.7 Å². The summed E-state index contributed by atoms with van der Waals surface area (Å²) in [6.07, 6.45) is 1.65. The van der Waals surface area contributed by atoms with Gasteiger partial charge in [-0.3, -0.25) is 19.3 Å². The molecule has 32 heavy (non-hydrogen) atoms. The minimum absolute atomic E-state index is 0.247. The van der Waals surface area contributed by atoms with Crippen LogP contribution in [0.5, 0.6) is 0 Å². The molecule has 0 saturated carbocycles. The third kappa shape index (κ3) is 3.20. The van der Waals surface area contributed by atoms with E-state index >= 15 is 0 Å². The molecule has 0 aliphatic carbocycles. The molecule has 0 unspecified atom stereocenters. The molecule has 2 aliphatic heterocycles. The third-order valence-electron chi connectivity index (χ3n) is 5.40. The van der Waals surface area contributed by atoms with Crippen molar-refractivity contribution in [1.82, 2.24) is 4.90 Å². The Morgan fingerprint density at radius 3 is 2.50 bits per heavy atom. The molecule has 2 aromatic carbocycles. The molecule has 158 valence electrons. The van der Waals surface area contributed by atoms with Crippen LogP contribution in [0.15, 0.2) is 74.2 Å². The molecular weight excluding hydrogens is 474 g/mol. The van der Waals surface area contributed by atoms with Gasteiger partial charge in [-0.1, -0.05) is 28.1 Å². The molecule has 0 saturated heterocycles. The largest absolute Gasteiger partial charge is 0.457 e. The second-order valence-corrected chi connectivity index (χ2v) is 8.39. The number of hydrazone groups is 1. The number of fused-ring (bicyclic) bond motifs is 1. The van der Waals surface area contributed by atoms with Crippen molar-refractivity contribution in [3.05, 3.63) is 81.5 Å². The number of carbonyl (C=O) groups is 3. The van der Waals surface area contributed by atoms with Gasteiger partial charge in [0.25, 0.3) is 17.7 Å². The lowest BCUT2D eigenvalue weighted by molar-refractivity contribution is -0.114. The van der Waals surface area contributed by atoms with E-state index in [0.29, 0.717) is 45.2 Å². The molecule has 0 bridgehead atoms. The highest BCUT2D eigenvalue weighted by atomic mass is 79.9. The van der Waals surface area contributed by atoms with E-state index < -0.39 is 0 Å². The Morgan fingerprint density at radius 2 is 1.72 bits per heavy atom. The van der Waals surface area contributed by atoms with Crippen LogP contribution in [0.1, 0.15) is 33.4 Å². The SMILES string of the molecule is CC1=NN(c2cccc(Br)c2)C(=O)C1=Cc1ccc(-c2ccc3c(c2)C(=O)N(C)C3=O)o1. The summed E-state index contributed by atoms with van der Waals surface area (Å²) in [5, 5.41) is 5.74. The van der Waals surface area contributed by atoms with Crippen molar-refractivity contribution in [3.63, 3.8) is 0 Å². The van der Waals surface area contributed by atoms with Crippen LogP contribution in [-0.2, 0) is 4.79 Å². The molecule has 3 heterocycles. The molecule has 5 rings (SSSR count). The fraction of sp³-hybridized carbons (Fsp3) is 0.0833. The molecule has 1 aromatic heterocycles. The topological polar surface area (TPSA) is 83.2 Å². The zero-order valence-electron chi connectivity index (χ0n) is 17.1. The average molecular weight is 490 g/mol. The molecule has 0 atom stereocenters. The Bertz CT molecular complexity index is 1390. The number of halogens is 1. The molecule has 0 spiro atoms. The van der Waals surface area contributed by atoms with Gasteiger partial charge in [-0.2, -0.15) is 10.1 Å². The van der Waals surface area contributed by atoms with Crippen molar-refractivity contribution in [2.45, 2.75) is 6.92 Å². The number of imide groups is 1. The third-order valence-corrected chi connectivity index (χ3v) is 5.90. The lowest BCUT2D eigenvalue weighted by Gasteiger charge is -2.11. The van der Waals surface area contributed by atoms with Gasteiger partial charge >= 0.3 is 0 Å². The summed E-state index contributed by atoms with van der Waals surface area (Å²) in [6.45, 7) is 1.77. The summed E-state index contributed by atoms with van der Waals surface area (Å²) in [7, 11) is 1.46. The van der Waals surface area contributed by atoms with E-state index in [4.69, 9.17) is 4.42 Å². The van der Waals surface area contributed by atoms with Crippen molar-refractivity contribution in [1.29, 1.82) is 0 Å². The zero-order chi connectivity index (χ0) is 22.6. The summed E-state index contributed by atoms with van der Waals surface area (Å²) in [5.41, 5.74) is 3.08. The van der Waals surface area contributed by atoms with Gasteiger partial charge in [-0.05, 0) is 55.5 Å². The Balaban J connectivity index is 1.44. The number of rotatable bonds is 3. The summed E-state index contributed by atoms with van der Waals surface area (Å²) >= 11 is 3.41. The van der Waals surface area contributed by atoms with Gasteiger partial charge in [-0.15, -0.1) is 0 Å². The first-order chi connectivity index (χ1) is 15.3. The Labute approximate surface area is 191 Å². The zero-order valence-corrected chi connectivity index (χ0v) is 18.7. The summed E-state index contributed by atoms with van der Waals surface area (Å²) < 4.78 is 6.77. The summed E-state index contributed by atoms with van der Waals surface area (Å²) in [5.74, 6) is 0.110. The van der Waals surface area contributed by atoms with E-state index in [1.54, 1.807) is 43.3 Å². The number of nitrogens with zero attached hydrogens (tertiary/aromatic N) is 3. The van der Waals surface area contributed by atoms with Gasteiger partial charge in [0.15, 0.2) is 0 Å². The molecule has 7 nitrogen and oxygen atoms in total. The Morgan fingerprint density at radius 1 is 0.938 bits per heavy atom. The van der Waals surface area contributed by atoms with E-state index in [1.165, 1.54) is 12.1 Å². The molecule has 2 aliphatic rings. The van der Waals surface area contributed by atoms with Gasteiger partial charge in [-0.25, -0.2) is 0 Å². The van der Waals surface area contributed by atoms with E-state index in [0.717, 1.165) is 9.37 Å². The summed E-state index contributed by atoms with van der Waals surface area (Å²) in [6, 6.07) is 15.9. The second kappa shape index (κ2) is 7.42. The number of carbonyl (C=O) groups excluding carboxylic acids is 3. The number of hydrogen-bond donors (Lipinski definition) is 0. The van der Waals surface area contributed by atoms with Gasteiger partial charge < -0.3 is 4.42 Å². The number of anilines is 1. The smallest absolute Gasteiger partial charge is 0.280 e. The van der Waals surface area contributed by atoms with Gasteiger partial charge in [0.2, 0.25) is 0 Å². The highest BCUT2D eigenvalue weighted by molar-refractivity contribution is 9.10. The van der Waals surface area contributed by atoms with Gasteiger partial charge in [0.1, 0.15) is 11.5 Å². The predicted molar refractivity (Wildman–Crippen MR) is 123 cm³/mol. The number of hydrogen-bond acceptors (Lipinski definition) is 5. The maximum atomic E-state index is 12.9. The number of benzene rings is 2. The van der Waals surface area contributed by atoms with Crippen LogP contribution in [0.2, 0.25) is 0 Å². The minimum atomic E-state index is -0.336. The van der Waals surface area contributed by atoms with Crippen molar-refractivity contribution in [2.75, 3.05) is 12.1 Å². The Kier molecular flexibility index (Phi) is 4.67. The summed E-state index contributed by atoms with van der Waals surface area (Å²) in [4.78, 5) is 38.4. The Hall–Kier alpha value is -3.78. The highest BCUT2D eigenvalue weighted by Gasteiger charge is 2.33. The van der Waals surface area contributed by atoms with E-state index in [2.05, 4.69) is 21.0 Å². The number of amides is 3. The maximum absolute atomic E-state index is 12.9. The van der Waals surface area contributed by atoms with E-state index in [1.807, 2.05) is 24.3 Å².